The van der Waals surface area contributed by atoms with Gasteiger partial charge in [-0.15, -0.1) is 12.6 Å². The minimum absolute atomic E-state index is 0.127. The van der Waals surface area contributed by atoms with Gasteiger partial charge in [-0.3, -0.25) is 0 Å². The summed E-state index contributed by atoms with van der Waals surface area (Å²) >= 11 is 4.24. The Morgan fingerprint density at radius 3 is 2.19 bits per heavy atom. The molecule has 0 bridgehead atoms. The maximum Gasteiger partial charge on any atom is 0.158 e. The molecule has 0 atom stereocenters. The molecule has 0 radical (unpaired) electrons. The van der Waals surface area contributed by atoms with E-state index in [1.54, 1.807) is 0 Å². The minimum Gasteiger partial charge on any atom is -0.471 e. The first-order valence-electron chi connectivity index (χ1n) is 11.9. The van der Waals surface area contributed by atoms with Gasteiger partial charge < -0.3 is 27.3 Å². The van der Waals surface area contributed by atoms with E-state index in [4.69, 9.17) is 21.9 Å². The van der Waals surface area contributed by atoms with Gasteiger partial charge in [-0.05, 0) is 30.3 Å². The van der Waals surface area contributed by atoms with E-state index < -0.39 is 11.6 Å². The first kappa shape index (κ1) is 32.7. The van der Waals surface area contributed by atoms with Gasteiger partial charge >= 0.3 is 0 Å². The third kappa shape index (κ3) is 9.39. The van der Waals surface area contributed by atoms with Gasteiger partial charge in [-0.2, -0.15) is 0 Å². The third-order valence-corrected chi connectivity index (χ3v) is 4.58. The molecule has 0 fully saturated rings. The fraction of sp³-hybridized carbons (Fsp3) is 0.296. The van der Waals surface area contributed by atoms with Crippen LogP contribution in [0.25, 0.3) is 16.9 Å². The van der Waals surface area contributed by atoms with Gasteiger partial charge in [0, 0.05) is 40.5 Å². The number of anilines is 2. The number of nitrogens with two attached hydrogens (primary N) is 3. The second kappa shape index (κ2) is 18.0. The van der Waals surface area contributed by atoms with Crippen LogP contribution in [0.5, 0.6) is 0 Å². The molecule has 2 heterocycles. The normalized spacial score (nSPS) is 10.8. The highest BCUT2D eigenvalue weighted by molar-refractivity contribution is 7.80. The molecule has 1 aliphatic rings. The number of nitrogens with zero attached hydrogens (tertiary/aromatic N) is 1. The van der Waals surface area contributed by atoms with Crippen LogP contribution in [-0.4, -0.2) is 11.7 Å². The lowest BCUT2D eigenvalue weighted by atomic mass is 10.0. The van der Waals surface area contributed by atoms with Crippen molar-refractivity contribution >= 4 is 29.9 Å². The summed E-state index contributed by atoms with van der Waals surface area (Å²) in [4.78, 5) is 4.81. The standard InChI is InChI=1S/C12H12F2N4.C9H9NOS.3C2H6/c13-8-1-2-9(16)11(14)10(8)7-3-6(4-15)12(17)18-5-7;12-8-3-1-2-7(4-8)9-5-10-6-11-9;3*1-2/h1-3,5H,4,15-16H2,(H2,17,18);1-5,10,12H,6H2;3*1-2H3. The Labute approximate surface area is 219 Å². The van der Waals surface area contributed by atoms with Crippen LogP contribution in [0.15, 0.2) is 59.8 Å². The van der Waals surface area contributed by atoms with Crippen molar-refractivity contribution in [2.75, 3.05) is 18.2 Å². The maximum absolute atomic E-state index is 13.8. The number of rotatable bonds is 3. The van der Waals surface area contributed by atoms with Crippen LogP contribution in [-0.2, 0) is 11.3 Å². The number of nitrogens with one attached hydrogen (secondary N) is 1. The van der Waals surface area contributed by atoms with Crippen molar-refractivity contribution in [1.29, 1.82) is 0 Å². The molecule has 0 unspecified atom stereocenters. The highest BCUT2D eigenvalue weighted by atomic mass is 32.1. The Morgan fingerprint density at radius 1 is 0.972 bits per heavy atom. The van der Waals surface area contributed by atoms with Crippen molar-refractivity contribution in [3.63, 3.8) is 0 Å². The number of hydrogen-bond acceptors (Lipinski definition) is 7. The second-order valence-electron chi connectivity index (χ2n) is 6.35. The van der Waals surface area contributed by atoms with Crippen LogP contribution in [0.2, 0.25) is 0 Å². The Morgan fingerprint density at radius 2 is 1.64 bits per heavy atom. The lowest BCUT2D eigenvalue weighted by Crippen LogP contribution is -2.05. The molecule has 2 aromatic carbocycles. The van der Waals surface area contributed by atoms with Crippen LogP contribution in [0.3, 0.4) is 0 Å². The number of nitrogen functional groups attached to an aromatic ring is 2. The number of hydrogen-bond donors (Lipinski definition) is 5. The van der Waals surface area contributed by atoms with E-state index in [1.165, 1.54) is 18.3 Å². The van der Waals surface area contributed by atoms with E-state index in [0.717, 1.165) is 22.3 Å². The molecule has 198 valence electrons. The molecule has 0 spiro atoms. The van der Waals surface area contributed by atoms with Gasteiger partial charge in [-0.25, -0.2) is 13.8 Å². The quantitative estimate of drug-likeness (QED) is 0.197. The molecule has 0 saturated heterocycles. The Bertz CT molecular complexity index is 1090. The van der Waals surface area contributed by atoms with E-state index in [1.807, 2.05) is 72.0 Å². The van der Waals surface area contributed by atoms with Gasteiger partial charge in [0.15, 0.2) is 12.5 Å². The first-order valence-corrected chi connectivity index (χ1v) is 12.4. The van der Waals surface area contributed by atoms with Gasteiger partial charge in [0.25, 0.3) is 0 Å². The fourth-order valence-electron chi connectivity index (χ4n) is 2.78. The van der Waals surface area contributed by atoms with Gasteiger partial charge in [0.1, 0.15) is 17.4 Å². The summed E-state index contributed by atoms with van der Waals surface area (Å²) in [5.74, 6) is -0.405. The van der Waals surface area contributed by atoms with Crippen LogP contribution < -0.4 is 22.5 Å². The summed E-state index contributed by atoms with van der Waals surface area (Å²) in [6.45, 7) is 12.7. The molecule has 0 amide bonds. The monoisotopic (exact) mass is 519 g/mol. The molecule has 0 aliphatic carbocycles. The highest BCUT2D eigenvalue weighted by Crippen LogP contribution is 2.30. The van der Waals surface area contributed by atoms with Crippen LogP contribution >= 0.6 is 12.6 Å². The predicted molar refractivity (Wildman–Crippen MR) is 151 cm³/mol. The Kier molecular flexibility index (Phi) is 16.4. The lowest BCUT2D eigenvalue weighted by Gasteiger charge is -2.09. The first-order chi connectivity index (χ1) is 17.4. The second-order valence-corrected chi connectivity index (χ2v) is 6.87. The van der Waals surface area contributed by atoms with Gasteiger partial charge in [0.05, 0.1) is 11.3 Å². The average Bonchev–Trinajstić information content (AvgIpc) is 3.47. The molecule has 3 aromatic rings. The zero-order valence-corrected chi connectivity index (χ0v) is 22.8. The molecular weight excluding hydrogens is 480 g/mol. The van der Waals surface area contributed by atoms with Crippen molar-refractivity contribution < 1.29 is 13.5 Å². The highest BCUT2D eigenvalue weighted by Gasteiger charge is 2.15. The minimum atomic E-state index is -0.815. The number of pyridine rings is 1. The molecular formula is C27H39F2N5OS. The molecule has 6 nitrogen and oxygen atoms in total. The molecule has 4 rings (SSSR count). The zero-order chi connectivity index (χ0) is 27.7. The average molecular weight is 520 g/mol. The number of ether oxygens (including phenoxy) is 1. The van der Waals surface area contributed by atoms with Crippen LogP contribution in [0, 0.1) is 11.6 Å². The van der Waals surface area contributed by atoms with Crippen molar-refractivity contribution in [3.8, 4) is 11.1 Å². The van der Waals surface area contributed by atoms with Crippen molar-refractivity contribution in [3.05, 3.63) is 77.6 Å². The van der Waals surface area contributed by atoms with Crippen LogP contribution in [0.1, 0.15) is 52.7 Å². The Hall–Kier alpha value is -3.30. The topological polar surface area (TPSA) is 112 Å². The van der Waals surface area contributed by atoms with Gasteiger partial charge in [-0.1, -0.05) is 53.7 Å². The number of thiol groups is 1. The summed E-state index contributed by atoms with van der Waals surface area (Å²) in [7, 11) is 0. The van der Waals surface area contributed by atoms with Crippen molar-refractivity contribution in [1.82, 2.24) is 10.3 Å². The van der Waals surface area contributed by atoms with E-state index in [-0.39, 0.29) is 29.2 Å². The van der Waals surface area contributed by atoms with E-state index in [9.17, 15) is 8.78 Å². The molecule has 1 aromatic heterocycles. The summed E-state index contributed by atoms with van der Waals surface area (Å²) in [6.07, 6.45) is 3.15. The molecule has 36 heavy (non-hydrogen) atoms. The molecule has 7 N–H and O–H groups in total. The Balaban J connectivity index is 0.000000590. The smallest absolute Gasteiger partial charge is 0.158 e. The van der Waals surface area contributed by atoms with Crippen LogP contribution in [0.4, 0.5) is 20.3 Å². The maximum atomic E-state index is 13.8. The molecule has 1 aliphatic heterocycles. The fourth-order valence-corrected chi connectivity index (χ4v) is 3.00. The van der Waals surface area contributed by atoms with E-state index in [2.05, 4.69) is 22.9 Å². The summed E-state index contributed by atoms with van der Waals surface area (Å²) < 4.78 is 32.8. The largest absolute Gasteiger partial charge is 0.471 e. The van der Waals surface area contributed by atoms with E-state index >= 15 is 0 Å². The molecule has 9 heteroatoms. The summed E-state index contributed by atoms with van der Waals surface area (Å²) in [6, 6.07) is 11.6. The van der Waals surface area contributed by atoms with Crippen molar-refractivity contribution in [2.45, 2.75) is 53.0 Å². The number of benzene rings is 2. The predicted octanol–water partition coefficient (Wildman–Crippen LogP) is 6.58. The third-order valence-electron chi connectivity index (χ3n) is 4.31. The molecule has 0 saturated carbocycles. The summed E-state index contributed by atoms with van der Waals surface area (Å²) in [5, 5.41) is 2.98. The van der Waals surface area contributed by atoms with Crippen molar-refractivity contribution in [2.24, 2.45) is 5.73 Å². The summed E-state index contributed by atoms with van der Waals surface area (Å²) in [5.41, 5.74) is 18.0. The number of halogens is 2. The lowest BCUT2D eigenvalue weighted by molar-refractivity contribution is 0.291. The van der Waals surface area contributed by atoms with Gasteiger partial charge in [0.2, 0.25) is 0 Å². The van der Waals surface area contributed by atoms with E-state index in [0.29, 0.717) is 12.3 Å². The number of aromatic nitrogens is 1. The SMILES string of the molecule is CC.CC.CC.NCc1cc(-c2c(F)ccc(N)c2F)cnc1N.Sc1cccc(C2=CNCO2)c1. The zero-order valence-electron chi connectivity index (χ0n) is 21.9.